The molecule has 0 spiro atoms. The number of imidazole rings is 1. The number of carbonyl (C=O) groups excluding carboxylic acids is 1. The lowest BCUT2D eigenvalue weighted by Crippen LogP contribution is -2.27. The summed E-state index contributed by atoms with van der Waals surface area (Å²) in [6, 6.07) is 9.00. The Kier molecular flexibility index (Phi) is 6.24. The lowest BCUT2D eigenvalue weighted by Gasteiger charge is -2.22. The van der Waals surface area contributed by atoms with Crippen LogP contribution in [0.25, 0.3) is 16.7 Å². The first kappa shape index (κ1) is 24.6. The molecule has 1 amide bonds. The molecule has 0 aliphatic carbocycles. The van der Waals surface area contributed by atoms with Crippen molar-refractivity contribution in [2.24, 2.45) is 7.05 Å². The van der Waals surface area contributed by atoms with Gasteiger partial charge in [0, 0.05) is 32.1 Å². The van der Waals surface area contributed by atoms with Crippen molar-refractivity contribution in [2.75, 3.05) is 23.3 Å². The monoisotopic (exact) mass is 508 g/mol. The molecule has 0 radical (unpaired) electrons. The quantitative estimate of drug-likeness (QED) is 0.429. The number of carbonyl (C=O) groups is 1. The van der Waals surface area contributed by atoms with E-state index in [4.69, 9.17) is 4.98 Å². The molecule has 11 heteroatoms. The predicted molar refractivity (Wildman–Crippen MR) is 135 cm³/mol. The summed E-state index contributed by atoms with van der Waals surface area (Å²) in [7, 11) is 1.93. The van der Waals surface area contributed by atoms with Crippen molar-refractivity contribution in [1.29, 1.82) is 0 Å². The number of hydrogen-bond donors (Lipinski definition) is 2. The molecule has 5 rings (SSSR count). The van der Waals surface area contributed by atoms with E-state index in [0.29, 0.717) is 41.1 Å². The largest absolute Gasteiger partial charge is 0.391 e. The Morgan fingerprint density at radius 3 is 2.49 bits per heavy atom. The molecule has 0 bridgehead atoms. The van der Waals surface area contributed by atoms with Crippen LogP contribution in [0.15, 0.2) is 47.3 Å². The highest BCUT2D eigenvalue weighted by Gasteiger charge is 2.28. The number of aliphatic hydroxyl groups excluding tert-OH is 1. The van der Waals surface area contributed by atoms with Gasteiger partial charge in [0.1, 0.15) is 22.7 Å². The maximum Gasteiger partial charge on any atom is 0.276 e. The van der Waals surface area contributed by atoms with Crippen LogP contribution in [0.1, 0.15) is 42.5 Å². The molecule has 1 atom stereocenters. The van der Waals surface area contributed by atoms with Gasteiger partial charge in [0.2, 0.25) is 0 Å². The molecule has 4 aromatic rings. The van der Waals surface area contributed by atoms with Crippen molar-refractivity contribution < 1.29 is 18.7 Å². The fraction of sp³-hybridized carbons (Fsp3) is 0.308. The molecule has 192 valence electrons. The lowest BCUT2D eigenvalue weighted by atomic mass is 10.2. The Balaban J connectivity index is 1.58. The lowest BCUT2D eigenvalue weighted by molar-refractivity contribution is 0.102. The summed E-state index contributed by atoms with van der Waals surface area (Å²) in [5.41, 5.74) is 1.01. The van der Waals surface area contributed by atoms with Gasteiger partial charge in [-0.1, -0.05) is 19.9 Å². The number of nitrogens with one attached hydrogen (secondary N) is 1. The number of amides is 1. The van der Waals surface area contributed by atoms with Gasteiger partial charge in [-0.3, -0.25) is 9.59 Å². The van der Waals surface area contributed by atoms with Gasteiger partial charge < -0.3 is 19.9 Å². The molecule has 1 aliphatic heterocycles. The van der Waals surface area contributed by atoms with Gasteiger partial charge in [-0.05, 0) is 36.8 Å². The van der Waals surface area contributed by atoms with E-state index in [9.17, 15) is 23.5 Å². The van der Waals surface area contributed by atoms with Gasteiger partial charge in [-0.2, -0.15) is 9.78 Å². The second kappa shape index (κ2) is 9.40. The average Bonchev–Trinajstić information content (AvgIpc) is 3.43. The van der Waals surface area contributed by atoms with Gasteiger partial charge in [0.15, 0.2) is 11.6 Å². The zero-order valence-corrected chi connectivity index (χ0v) is 20.6. The standard InChI is InChI=1S/C26H26F2N6O3/c1-14(2)25-30-22-20(32(25)3)9-7-18(24(22)33-12-11-15(35)13-33)29-26(37)19-8-10-21(36)34(31-19)23-16(27)5-4-6-17(23)28/h4-10,14-15,35H,11-13H2,1-3H3,(H,29,37)/t15-/m1/s1. The minimum atomic E-state index is -0.983. The van der Waals surface area contributed by atoms with Crippen LogP contribution >= 0.6 is 0 Å². The van der Waals surface area contributed by atoms with Crippen LogP contribution in [0.5, 0.6) is 0 Å². The number of aryl methyl sites for hydroxylation is 1. The molecule has 2 aromatic carbocycles. The van der Waals surface area contributed by atoms with Crippen LogP contribution in [0.3, 0.4) is 0 Å². The Hall–Kier alpha value is -4.12. The highest BCUT2D eigenvalue weighted by atomic mass is 19.1. The van der Waals surface area contributed by atoms with E-state index in [1.54, 1.807) is 6.07 Å². The molecule has 0 saturated carbocycles. The molecule has 37 heavy (non-hydrogen) atoms. The molecule has 1 saturated heterocycles. The predicted octanol–water partition coefficient (Wildman–Crippen LogP) is 3.34. The Labute approximate surface area is 211 Å². The Bertz CT molecular complexity index is 1560. The number of aromatic nitrogens is 4. The first-order valence-electron chi connectivity index (χ1n) is 11.9. The minimum absolute atomic E-state index is 0.163. The number of fused-ring (bicyclic) bond motifs is 1. The summed E-state index contributed by atoms with van der Waals surface area (Å²) in [6.45, 7) is 5.04. The van der Waals surface area contributed by atoms with Crippen LogP contribution in [0.2, 0.25) is 0 Å². The van der Waals surface area contributed by atoms with E-state index >= 15 is 0 Å². The summed E-state index contributed by atoms with van der Waals surface area (Å²) >= 11 is 0. The first-order chi connectivity index (χ1) is 17.7. The van der Waals surface area contributed by atoms with Gasteiger partial charge in [0.25, 0.3) is 11.5 Å². The first-order valence-corrected chi connectivity index (χ1v) is 11.9. The van der Waals surface area contributed by atoms with Crippen molar-refractivity contribution in [3.8, 4) is 5.69 Å². The molecule has 1 fully saturated rings. The van der Waals surface area contributed by atoms with Crippen molar-refractivity contribution >= 4 is 28.3 Å². The fourth-order valence-corrected chi connectivity index (χ4v) is 4.72. The molecular formula is C26H26F2N6O3. The summed E-state index contributed by atoms with van der Waals surface area (Å²) in [5.74, 6) is -1.60. The number of para-hydroxylation sites is 1. The normalized spacial score (nSPS) is 15.6. The van der Waals surface area contributed by atoms with E-state index in [-0.39, 0.29) is 11.6 Å². The Morgan fingerprint density at radius 1 is 1.11 bits per heavy atom. The molecule has 0 unspecified atom stereocenters. The number of β-amino-alcohol motifs (C(OH)–C–C–N with tert-alkyl or cyclic N) is 1. The van der Waals surface area contributed by atoms with Crippen LogP contribution in [-0.4, -0.2) is 49.5 Å². The van der Waals surface area contributed by atoms with Gasteiger partial charge in [0.05, 0.1) is 23.0 Å². The van der Waals surface area contributed by atoms with Crippen molar-refractivity contribution in [3.63, 3.8) is 0 Å². The van der Waals surface area contributed by atoms with Crippen LogP contribution < -0.4 is 15.8 Å². The van der Waals surface area contributed by atoms with E-state index in [1.165, 1.54) is 12.1 Å². The minimum Gasteiger partial charge on any atom is -0.391 e. The number of nitrogens with zero attached hydrogens (tertiary/aromatic N) is 5. The molecule has 3 heterocycles. The summed E-state index contributed by atoms with van der Waals surface area (Å²) in [5, 5.41) is 16.9. The summed E-state index contributed by atoms with van der Waals surface area (Å²) in [6.07, 6.45) is 0.0712. The second-order valence-corrected chi connectivity index (χ2v) is 9.39. The molecular weight excluding hydrogens is 482 g/mol. The third kappa shape index (κ3) is 4.35. The number of anilines is 2. The average molecular weight is 509 g/mol. The van der Waals surface area contributed by atoms with Crippen LogP contribution in [-0.2, 0) is 7.05 Å². The van der Waals surface area contributed by atoms with E-state index in [0.717, 1.165) is 29.5 Å². The number of halogens is 2. The van der Waals surface area contributed by atoms with E-state index < -0.39 is 34.9 Å². The van der Waals surface area contributed by atoms with Gasteiger partial charge in [-0.25, -0.2) is 13.8 Å². The summed E-state index contributed by atoms with van der Waals surface area (Å²) < 4.78 is 31.2. The highest BCUT2D eigenvalue weighted by Crippen LogP contribution is 2.37. The highest BCUT2D eigenvalue weighted by molar-refractivity contribution is 6.08. The zero-order chi connectivity index (χ0) is 26.4. The fourth-order valence-electron chi connectivity index (χ4n) is 4.72. The molecule has 2 N–H and O–H groups in total. The second-order valence-electron chi connectivity index (χ2n) is 9.39. The van der Waals surface area contributed by atoms with Gasteiger partial charge in [-0.15, -0.1) is 0 Å². The maximum absolute atomic E-state index is 14.3. The number of hydrogen-bond acceptors (Lipinski definition) is 6. The van der Waals surface area contributed by atoms with E-state index in [1.807, 2.05) is 36.4 Å². The van der Waals surface area contributed by atoms with Gasteiger partial charge >= 0.3 is 0 Å². The topological polar surface area (TPSA) is 105 Å². The maximum atomic E-state index is 14.3. The third-order valence-corrected chi connectivity index (χ3v) is 6.49. The van der Waals surface area contributed by atoms with Crippen molar-refractivity contribution in [3.05, 3.63) is 76.0 Å². The zero-order valence-electron chi connectivity index (χ0n) is 20.6. The smallest absolute Gasteiger partial charge is 0.276 e. The van der Waals surface area contributed by atoms with Crippen molar-refractivity contribution in [2.45, 2.75) is 32.3 Å². The van der Waals surface area contributed by atoms with Crippen molar-refractivity contribution in [1.82, 2.24) is 19.3 Å². The van der Waals surface area contributed by atoms with Crippen LogP contribution in [0.4, 0.5) is 20.2 Å². The number of rotatable bonds is 5. The van der Waals surface area contributed by atoms with Crippen LogP contribution in [0, 0.1) is 11.6 Å². The number of benzene rings is 2. The number of aliphatic hydroxyl groups is 1. The molecule has 1 aliphatic rings. The third-order valence-electron chi connectivity index (χ3n) is 6.49. The SMILES string of the molecule is CC(C)c1nc2c(N3CC[C@@H](O)C3)c(NC(=O)c3ccc(=O)n(-c4c(F)cccc4F)n3)ccc2n1C. The molecule has 9 nitrogen and oxygen atoms in total. The summed E-state index contributed by atoms with van der Waals surface area (Å²) in [4.78, 5) is 32.4. The molecule has 2 aromatic heterocycles. The van der Waals surface area contributed by atoms with E-state index in [2.05, 4.69) is 10.4 Å². The Morgan fingerprint density at radius 2 is 1.84 bits per heavy atom.